The first kappa shape index (κ1) is 40.0. The van der Waals surface area contributed by atoms with E-state index in [4.69, 9.17) is 4.42 Å². The van der Waals surface area contributed by atoms with Crippen molar-refractivity contribution in [2.45, 2.75) is 0 Å². The van der Waals surface area contributed by atoms with Crippen LogP contribution in [-0.2, 0) is 0 Å². The van der Waals surface area contributed by atoms with Gasteiger partial charge in [0.25, 0.3) is 0 Å². The molecule has 67 heavy (non-hydrogen) atoms. The molecule has 2 nitrogen and oxygen atoms in total. The molecule has 0 amide bonds. The van der Waals surface area contributed by atoms with Crippen LogP contribution in [0.3, 0.4) is 0 Å². The van der Waals surface area contributed by atoms with Crippen LogP contribution in [-0.4, -0.2) is 8.07 Å². The molecule has 0 unspecified atom stereocenters. The lowest BCUT2D eigenvalue weighted by molar-refractivity contribution is 0.669. The Morgan fingerprint density at radius 2 is 0.806 bits per heavy atom. The second-order valence-corrected chi connectivity index (χ2v) is 21.0. The largest absolute Gasteiger partial charge is 0.456 e. The lowest BCUT2D eigenvalue weighted by Crippen LogP contribution is -2.74. The SMILES string of the molecule is c1ccc(-c2cccc(N(c3ccc([Si](c4ccccc4)(c4ccccc4)c4ccccc4)cc3)c3ccc(-c4ccc5ccc6oc7ccccc7c6c5c4)c(-c4ccccc4)c3)c2)cc1. The number of para-hydroxylation sites is 1. The van der Waals surface area contributed by atoms with Crippen molar-refractivity contribution in [1.29, 1.82) is 0 Å². The van der Waals surface area contributed by atoms with E-state index in [0.29, 0.717) is 0 Å². The molecule has 0 fully saturated rings. The van der Waals surface area contributed by atoms with Gasteiger partial charge in [0, 0.05) is 27.8 Å². The van der Waals surface area contributed by atoms with E-state index in [1.54, 1.807) is 0 Å². The fraction of sp³-hybridized carbons (Fsp3) is 0. The summed E-state index contributed by atoms with van der Waals surface area (Å²) < 4.78 is 6.35. The van der Waals surface area contributed by atoms with Crippen LogP contribution in [0.4, 0.5) is 17.1 Å². The van der Waals surface area contributed by atoms with Crippen molar-refractivity contribution in [3.8, 4) is 33.4 Å². The predicted molar refractivity (Wildman–Crippen MR) is 286 cm³/mol. The molecule has 0 saturated heterocycles. The molecule has 0 aliphatic carbocycles. The van der Waals surface area contributed by atoms with Gasteiger partial charge in [-0.3, -0.25) is 0 Å². The zero-order valence-corrected chi connectivity index (χ0v) is 37.8. The van der Waals surface area contributed by atoms with Crippen LogP contribution in [0.2, 0.25) is 0 Å². The molecule has 11 aromatic carbocycles. The Labute approximate surface area is 392 Å². The van der Waals surface area contributed by atoms with Gasteiger partial charge < -0.3 is 9.32 Å². The number of nitrogens with zero attached hydrogens (tertiary/aromatic N) is 1. The van der Waals surface area contributed by atoms with Crippen LogP contribution in [0.25, 0.3) is 66.1 Å². The van der Waals surface area contributed by atoms with Crippen LogP contribution < -0.4 is 25.6 Å². The Morgan fingerprint density at radius 1 is 0.284 bits per heavy atom. The fourth-order valence-corrected chi connectivity index (χ4v) is 15.1. The van der Waals surface area contributed by atoms with Gasteiger partial charge in [-0.05, 0) is 119 Å². The quantitative estimate of drug-likeness (QED) is 0.101. The number of rotatable bonds is 10. The Balaban J connectivity index is 1.06. The summed E-state index contributed by atoms with van der Waals surface area (Å²) in [7, 11) is -2.74. The first-order valence-electron chi connectivity index (χ1n) is 23.0. The maximum Gasteiger partial charge on any atom is 0.179 e. The zero-order valence-electron chi connectivity index (χ0n) is 36.8. The highest BCUT2D eigenvalue weighted by molar-refractivity contribution is 7.19. The predicted octanol–water partition coefficient (Wildman–Crippen LogP) is 14.6. The average molecular weight is 872 g/mol. The third-order valence-corrected chi connectivity index (χ3v) is 18.2. The van der Waals surface area contributed by atoms with E-state index >= 15 is 0 Å². The van der Waals surface area contributed by atoms with Gasteiger partial charge in [0.1, 0.15) is 11.2 Å². The van der Waals surface area contributed by atoms with E-state index in [1.165, 1.54) is 42.6 Å². The van der Waals surface area contributed by atoms with Gasteiger partial charge in [0.2, 0.25) is 0 Å². The van der Waals surface area contributed by atoms with Gasteiger partial charge in [-0.25, -0.2) is 0 Å². The van der Waals surface area contributed by atoms with E-state index in [-0.39, 0.29) is 0 Å². The summed E-state index contributed by atoms with van der Waals surface area (Å²) in [6.45, 7) is 0. The zero-order chi connectivity index (χ0) is 44.6. The van der Waals surface area contributed by atoms with Gasteiger partial charge in [0.15, 0.2) is 8.07 Å². The molecule has 0 bridgehead atoms. The number of hydrogen-bond acceptors (Lipinski definition) is 2. The standard InChI is InChI=1S/C64H45NOSi/c1-6-19-46(20-7-1)49-23-18-24-52(43-49)65(51-36-39-57(40-37-51)67(54-25-10-3-11-26-54,55-27-12-4-13-28-55)56-29-14-5-15-30-56)53-38-41-58(60(45-53)47-21-8-2-9-22-47)50-34-33-48-35-42-63-64(61(48)44-50)59-31-16-17-32-62(59)66-63/h1-45H. The molecule has 0 aliphatic rings. The van der Waals surface area contributed by atoms with Crippen LogP contribution in [0.15, 0.2) is 277 Å². The lowest BCUT2D eigenvalue weighted by atomic mass is 9.91. The summed E-state index contributed by atoms with van der Waals surface area (Å²) >= 11 is 0. The van der Waals surface area contributed by atoms with E-state index in [2.05, 4.69) is 272 Å². The summed E-state index contributed by atoms with van der Waals surface area (Å²) in [4.78, 5) is 2.42. The van der Waals surface area contributed by atoms with Crippen LogP contribution in [0.5, 0.6) is 0 Å². The van der Waals surface area contributed by atoms with Gasteiger partial charge in [-0.2, -0.15) is 0 Å². The molecule has 0 radical (unpaired) electrons. The number of furan rings is 1. The van der Waals surface area contributed by atoms with Crippen LogP contribution in [0.1, 0.15) is 0 Å². The minimum Gasteiger partial charge on any atom is -0.456 e. The van der Waals surface area contributed by atoms with E-state index < -0.39 is 8.07 Å². The Morgan fingerprint density at radius 3 is 1.46 bits per heavy atom. The third-order valence-electron chi connectivity index (χ3n) is 13.4. The number of anilines is 3. The Bertz CT molecular complexity index is 3570. The van der Waals surface area contributed by atoms with Crippen molar-refractivity contribution >= 4 is 78.6 Å². The molecular formula is C64H45NOSi. The third kappa shape index (κ3) is 7.14. The molecule has 12 rings (SSSR count). The Hall–Kier alpha value is -8.50. The molecular weight excluding hydrogens is 827 g/mol. The molecule has 3 heteroatoms. The molecule has 1 aromatic heterocycles. The minimum absolute atomic E-state index is 0.903. The normalized spacial score (nSPS) is 11.6. The van der Waals surface area contributed by atoms with Crippen molar-refractivity contribution in [2.75, 3.05) is 4.90 Å². The Kier molecular flexibility index (Phi) is 10.2. The highest BCUT2D eigenvalue weighted by Gasteiger charge is 2.41. The van der Waals surface area contributed by atoms with E-state index in [9.17, 15) is 0 Å². The van der Waals surface area contributed by atoms with Gasteiger partial charge in [-0.1, -0.05) is 218 Å². The summed E-state index contributed by atoms with van der Waals surface area (Å²) in [5.74, 6) is 0. The monoisotopic (exact) mass is 871 g/mol. The number of hydrogen-bond donors (Lipinski definition) is 0. The molecule has 0 N–H and O–H groups in total. The van der Waals surface area contributed by atoms with Crippen molar-refractivity contribution in [2.24, 2.45) is 0 Å². The fourth-order valence-electron chi connectivity index (χ4n) is 10.3. The molecule has 1 heterocycles. The van der Waals surface area contributed by atoms with E-state index in [1.807, 2.05) is 6.07 Å². The van der Waals surface area contributed by atoms with E-state index in [0.717, 1.165) is 61.3 Å². The van der Waals surface area contributed by atoms with Crippen molar-refractivity contribution in [1.82, 2.24) is 0 Å². The highest BCUT2D eigenvalue weighted by atomic mass is 28.3. The molecule has 12 aromatic rings. The summed E-state index contributed by atoms with van der Waals surface area (Å²) in [6.07, 6.45) is 0. The van der Waals surface area contributed by atoms with Crippen LogP contribution >= 0.6 is 0 Å². The molecule has 0 atom stereocenters. The minimum atomic E-state index is -2.74. The van der Waals surface area contributed by atoms with Crippen molar-refractivity contribution in [3.63, 3.8) is 0 Å². The second kappa shape index (κ2) is 17.1. The smallest absolute Gasteiger partial charge is 0.179 e. The topological polar surface area (TPSA) is 16.4 Å². The highest BCUT2D eigenvalue weighted by Crippen LogP contribution is 2.43. The van der Waals surface area contributed by atoms with Crippen molar-refractivity contribution in [3.05, 3.63) is 273 Å². The van der Waals surface area contributed by atoms with Gasteiger partial charge in [0.05, 0.1) is 0 Å². The van der Waals surface area contributed by atoms with Crippen LogP contribution in [0, 0.1) is 0 Å². The number of fused-ring (bicyclic) bond motifs is 5. The summed E-state index contributed by atoms with van der Waals surface area (Å²) in [6, 6.07) is 99.8. The maximum absolute atomic E-state index is 6.35. The molecule has 0 spiro atoms. The van der Waals surface area contributed by atoms with Gasteiger partial charge in [-0.15, -0.1) is 0 Å². The van der Waals surface area contributed by atoms with Gasteiger partial charge >= 0.3 is 0 Å². The first-order valence-corrected chi connectivity index (χ1v) is 25.0. The average Bonchev–Trinajstić information content (AvgIpc) is 3.80. The second-order valence-electron chi connectivity index (χ2n) is 17.2. The maximum atomic E-state index is 6.35. The molecule has 0 aliphatic heterocycles. The number of benzene rings is 11. The summed E-state index contributed by atoms with van der Waals surface area (Å²) in [5.41, 5.74) is 12.0. The lowest BCUT2D eigenvalue weighted by Gasteiger charge is -2.35. The first-order chi connectivity index (χ1) is 33.2. The molecule has 316 valence electrons. The molecule has 0 saturated carbocycles. The summed E-state index contributed by atoms with van der Waals surface area (Å²) in [5, 5.41) is 10.0. The van der Waals surface area contributed by atoms with Crippen molar-refractivity contribution < 1.29 is 4.42 Å².